The van der Waals surface area contributed by atoms with Crippen LogP contribution in [0.5, 0.6) is 17.2 Å². The van der Waals surface area contributed by atoms with Crippen molar-refractivity contribution in [2.24, 2.45) is 0 Å². The van der Waals surface area contributed by atoms with Crippen molar-refractivity contribution in [2.45, 2.75) is 68.3 Å². The summed E-state index contributed by atoms with van der Waals surface area (Å²) in [6.45, 7) is 0.948. The quantitative estimate of drug-likeness (QED) is 0.212. The number of ether oxygens (including phenoxy) is 5. The van der Waals surface area contributed by atoms with E-state index in [0.29, 0.717) is 0 Å². The summed E-state index contributed by atoms with van der Waals surface area (Å²) in [5.74, 6) is -0.665. The third kappa shape index (κ3) is 4.87. The molecule has 7 N–H and O–H groups in total. The van der Waals surface area contributed by atoms with Crippen molar-refractivity contribution in [1.29, 1.82) is 0 Å². The Morgan fingerprint density at radius 3 is 2.25 bits per heavy atom. The smallest absolute Gasteiger partial charge is 0.238 e. The molecule has 14 heteroatoms. The Kier molecular flexibility index (Phi) is 7.70. The molecule has 0 saturated carbocycles. The van der Waals surface area contributed by atoms with Gasteiger partial charge >= 0.3 is 0 Å². The maximum Gasteiger partial charge on any atom is 0.238 e. The number of hydrogen-bond acceptors (Lipinski definition) is 14. The topological polar surface area (TPSA) is 218 Å². The fourth-order valence-electron chi connectivity index (χ4n) is 4.01. The van der Waals surface area contributed by atoms with Gasteiger partial charge in [0.2, 0.25) is 17.5 Å². The zero-order valence-electron chi connectivity index (χ0n) is 19.2. The van der Waals surface area contributed by atoms with Crippen LogP contribution >= 0.6 is 0 Å². The molecule has 10 atom stereocenters. The molecule has 0 aliphatic carbocycles. The van der Waals surface area contributed by atoms with Gasteiger partial charge in [-0.15, -0.1) is 0 Å². The Balaban J connectivity index is 1.50. The van der Waals surface area contributed by atoms with Gasteiger partial charge in [0.05, 0.1) is 19.8 Å². The predicted octanol–water partition coefficient (Wildman–Crippen LogP) is -2.46. The number of phenols is 1. The molecule has 2 aliphatic heterocycles. The van der Waals surface area contributed by atoms with E-state index in [0.717, 1.165) is 6.26 Å². The van der Waals surface area contributed by atoms with Crippen LogP contribution in [0.4, 0.5) is 0 Å². The molecule has 200 valence electrons. The van der Waals surface area contributed by atoms with Crippen LogP contribution in [0.3, 0.4) is 0 Å². The monoisotopic (exact) mass is 516 g/mol. The van der Waals surface area contributed by atoms with Crippen molar-refractivity contribution in [3.05, 3.63) is 28.6 Å². The molecule has 2 saturated heterocycles. The Morgan fingerprint density at radius 2 is 1.56 bits per heavy atom. The van der Waals surface area contributed by atoms with Crippen LogP contribution in [-0.4, -0.2) is 111 Å². The van der Waals surface area contributed by atoms with Crippen LogP contribution in [0, 0.1) is 0 Å². The first-order chi connectivity index (χ1) is 17.0. The average molecular weight is 516 g/mol. The van der Waals surface area contributed by atoms with Crippen molar-refractivity contribution in [2.75, 3.05) is 13.7 Å². The van der Waals surface area contributed by atoms with Gasteiger partial charge in [-0.3, -0.25) is 4.79 Å². The number of aliphatic hydroxyl groups is 6. The second-order valence-electron chi connectivity index (χ2n) is 8.60. The lowest BCUT2D eigenvalue weighted by Gasteiger charge is -2.42. The summed E-state index contributed by atoms with van der Waals surface area (Å²) in [6.07, 6.45) is -14.1. The normalized spacial score (nSPS) is 37.1. The van der Waals surface area contributed by atoms with E-state index in [1.165, 1.54) is 26.2 Å². The molecule has 4 rings (SSSR count). The molecule has 1 aromatic heterocycles. The van der Waals surface area contributed by atoms with E-state index in [1.807, 2.05) is 0 Å². The van der Waals surface area contributed by atoms with E-state index in [9.17, 15) is 40.5 Å². The molecule has 2 aromatic rings. The summed E-state index contributed by atoms with van der Waals surface area (Å²) >= 11 is 0. The zero-order chi connectivity index (χ0) is 26.3. The highest BCUT2D eigenvalue weighted by Gasteiger charge is 2.47. The lowest BCUT2D eigenvalue weighted by atomic mass is 9.98. The molecule has 0 spiro atoms. The minimum atomic E-state index is -1.80. The van der Waals surface area contributed by atoms with E-state index in [-0.39, 0.29) is 16.7 Å². The summed E-state index contributed by atoms with van der Waals surface area (Å²) < 4.78 is 32.0. The number of phenolic OH excluding ortho intramolecular Hbond substituents is 1. The van der Waals surface area contributed by atoms with Gasteiger partial charge in [-0.1, -0.05) is 0 Å². The summed E-state index contributed by atoms with van der Waals surface area (Å²) in [5.41, 5.74) is -0.801. The molecule has 0 radical (unpaired) electrons. The number of rotatable bonds is 6. The average Bonchev–Trinajstić information content (AvgIpc) is 2.86. The molecule has 0 bridgehead atoms. The third-order valence-corrected chi connectivity index (χ3v) is 6.18. The molecule has 2 aliphatic rings. The van der Waals surface area contributed by atoms with Crippen molar-refractivity contribution in [3.8, 4) is 17.2 Å². The van der Waals surface area contributed by atoms with Crippen molar-refractivity contribution in [1.82, 2.24) is 0 Å². The van der Waals surface area contributed by atoms with E-state index in [2.05, 4.69) is 0 Å². The van der Waals surface area contributed by atoms with E-state index < -0.39 is 84.9 Å². The second kappa shape index (κ2) is 10.5. The minimum absolute atomic E-state index is 0.00335. The van der Waals surface area contributed by atoms with Crippen molar-refractivity contribution < 1.29 is 63.8 Å². The SMILES string of the molecule is COc1cc(O)c2c(=O)c(O[C@@H]3O[C@H](CO[C@@H]4O[C@@H](C)[C@H](O)[C@@H](O)[C@H]4O)[C@@H](O)[C@H](O)[C@H]3O)coc2c1. The van der Waals surface area contributed by atoms with Gasteiger partial charge in [-0.05, 0) is 6.92 Å². The van der Waals surface area contributed by atoms with Gasteiger partial charge in [0.25, 0.3) is 0 Å². The number of aromatic hydroxyl groups is 1. The van der Waals surface area contributed by atoms with Gasteiger partial charge in [0, 0.05) is 12.1 Å². The van der Waals surface area contributed by atoms with Gasteiger partial charge in [0.15, 0.2) is 6.29 Å². The first-order valence-electron chi connectivity index (χ1n) is 11.0. The molecular formula is C22H28O14. The number of fused-ring (bicyclic) bond motifs is 1. The van der Waals surface area contributed by atoms with E-state index in [4.69, 9.17) is 28.1 Å². The van der Waals surface area contributed by atoms with Crippen LogP contribution in [0.15, 0.2) is 27.6 Å². The molecule has 0 unspecified atom stereocenters. The molecule has 3 heterocycles. The third-order valence-electron chi connectivity index (χ3n) is 6.18. The summed E-state index contributed by atoms with van der Waals surface area (Å²) in [5, 5.41) is 70.7. The highest BCUT2D eigenvalue weighted by molar-refractivity contribution is 5.85. The number of benzene rings is 1. The molecule has 36 heavy (non-hydrogen) atoms. The molecular weight excluding hydrogens is 488 g/mol. The molecule has 2 fully saturated rings. The number of aliphatic hydroxyl groups excluding tert-OH is 6. The first kappa shape index (κ1) is 26.5. The second-order valence-corrected chi connectivity index (χ2v) is 8.60. The lowest BCUT2D eigenvalue weighted by molar-refractivity contribution is -0.318. The maximum absolute atomic E-state index is 12.9. The van der Waals surface area contributed by atoms with Gasteiger partial charge in [-0.2, -0.15) is 0 Å². The molecule has 1 aromatic carbocycles. The largest absolute Gasteiger partial charge is 0.507 e. The summed E-state index contributed by atoms with van der Waals surface area (Å²) in [6, 6.07) is 2.57. The van der Waals surface area contributed by atoms with E-state index >= 15 is 0 Å². The standard InChI is InChI=1S/C22H28O14/c1-7-14(24)17(27)19(29)21(34-7)33-6-12-16(26)18(28)20(30)22(36-12)35-11-5-32-10-4-8(31-2)3-9(23)13(10)15(11)25/h3-5,7,12,14,16-24,26-30H,6H2,1-2H3/t7-,12+,14-,16+,17+,18-,19+,20+,21+,22+/m0/s1. The van der Waals surface area contributed by atoms with Crippen LogP contribution in [0.25, 0.3) is 11.0 Å². The predicted molar refractivity (Wildman–Crippen MR) is 116 cm³/mol. The highest BCUT2D eigenvalue weighted by Crippen LogP contribution is 2.31. The summed E-state index contributed by atoms with van der Waals surface area (Å²) in [7, 11) is 1.37. The van der Waals surface area contributed by atoms with Crippen LogP contribution < -0.4 is 14.9 Å². The Hall–Kier alpha value is -2.53. The number of hydrogen-bond donors (Lipinski definition) is 7. The zero-order valence-corrected chi connectivity index (χ0v) is 19.2. The lowest BCUT2D eigenvalue weighted by Crippen LogP contribution is -2.61. The van der Waals surface area contributed by atoms with Crippen LogP contribution in [-0.2, 0) is 14.2 Å². The van der Waals surface area contributed by atoms with Gasteiger partial charge < -0.3 is 63.8 Å². The van der Waals surface area contributed by atoms with Crippen LogP contribution in [0.2, 0.25) is 0 Å². The fourth-order valence-corrected chi connectivity index (χ4v) is 4.01. The summed E-state index contributed by atoms with van der Waals surface area (Å²) in [4.78, 5) is 12.9. The Labute approximate surface area is 203 Å². The van der Waals surface area contributed by atoms with Crippen molar-refractivity contribution >= 4 is 11.0 Å². The van der Waals surface area contributed by atoms with Crippen LogP contribution in [0.1, 0.15) is 6.92 Å². The van der Waals surface area contributed by atoms with Crippen molar-refractivity contribution in [3.63, 3.8) is 0 Å². The minimum Gasteiger partial charge on any atom is -0.507 e. The Morgan fingerprint density at radius 1 is 0.889 bits per heavy atom. The highest BCUT2D eigenvalue weighted by atomic mass is 16.7. The van der Waals surface area contributed by atoms with Gasteiger partial charge in [0.1, 0.15) is 71.5 Å². The molecule has 14 nitrogen and oxygen atoms in total. The number of methoxy groups -OCH3 is 1. The van der Waals surface area contributed by atoms with Gasteiger partial charge in [-0.25, -0.2) is 0 Å². The van der Waals surface area contributed by atoms with E-state index in [1.54, 1.807) is 0 Å². The first-order valence-corrected chi connectivity index (χ1v) is 11.0. The maximum atomic E-state index is 12.9. The Bertz CT molecular complexity index is 1120. The fraction of sp³-hybridized carbons (Fsp3) is 0.591. The molecule has 0 amide bonds.